The lowest BCUT2D eigenvalue weighted by Crippen LogP contribution is -2.41. The molecule has 1 amide bonds. The minimum atomic E-state index is -1.11. The number of thiazole rings is 1. The summed E-state index contributed by atoms with van der Waals surface area (Å²) in [5.41, 5.74) is 0.165. The number of furan rings is 1. The minimum absolute atomic E-state index is 0.165. The van der Waals surface area contributed by atoms with Crippen molar-refractivity contribution in [1.82, 2.24) is 10.3 Å². The maximum absolute atomic E-state index is 12.1. The summed E-state index contributed by atoms with van der Waals surface area (Å²) in [5, 5.41) is 13.6. The molecule has 0 fully saturated rings. The number of nitrogens with zero attached hydrogens (tertiary/aromatic N) is 1. The number of rotatable bonds is 7. The summed E-state index contributed by atoms with van der Waals surface area (Å²) < 4.78 is 10.3. The van der Waals surface area contributed by atoms with E-state index >= 15 is 0 Å². The number of aromatic nitrogens is 1. The molecule has 0 saturated heterocycles. The maximum Gasteiger partial charge on any atom is 0.326 e. The monoisotopic (exact) mass is 324 g/mol. The molecule has 0 bridgehead atoms. The van der Waals surface area contributed by atoms with Crippen LogP contribution < -0.4 is 5.32 Å². The number of hydrogen-bond donors (Lipinski definition) is 2. The van der Waals surface area contributed by atoms with E-state index in [4.69, 9.17) is 14.3 Å². The average Bonchev–Trinajstić information content (AvgIpc) is 3.11. The topological polar surface area (TPSA) is 102 Å². The molecule has 1 atom stereocenters. The van der Waals surface area contributed by atoms with Crippen LogP contribution in [0.3, 0.4) is 0 Å². The molecule has 0 spiro atoms. The Kier molecular flexibility index (Phi) is 5.29. The Labute approximate surface area is 130 Å². The van der Waals surface area contributed by atoms with Crippen molar-refractivity contribution < 1.29 is 23.8 Å². The maximum atomic E-state index is 12.1. The largest absolute Gasteiger partial charge is 0.480 e. The van der Waals surface area contributed by atoms with Gasteiger partial charge >= 0.3 is 5.97 Å². The predicted molar refractivity (Wildman–Crippen MR) is 79.9 cm³/mol. The number of hydrogen-bond acceptors (Lipinski definition) is 6. The third kappa shape index (κ3) is 3.92. The number of nitrogens with one attached hydrogen (secondary N) is 1. The van der Waals surface area contributed by atoms with Crippen LogP contribution in [0.15, 0.2) is 21.9 Å². The van der Waals surface area contributed by atoms with Gasteiger partial charge in [-0.15, -0.1) is 11.3 Å². The molecule has 118 valence electrons. The SMILES string of the molecule is COCCC(NC(=O)c1csc(-c2ccc(C)o2)n1)C(=O)O. The van der Waals surface area contributed by atoms with Crippen LogP contribution >= 0.6 is 11.3 Å². The Balaban J connectivity index is 2.06. The van der Waals surface area contributed by atoms with Crippen LogP contribution in [0.5, 0.6) is 0 Å². The van der Waals surface area contributed by atoms with Gasteiger partial charge in [0.25, 0.3) is 5.91 Å². The number of ether oxygens (including phenoxy) is 1. The van der Waals surface area contributed by atoms with Gasteiger partial charge in [0.05, 0.1) is 0 Å². The fourth-order valence-corrected chi connectivity index (χ4v) is 2.53. The van der Waals surface area contributed by atoms with Crippen LogP contribution in [-0.2, 0) is 9.53 Å². The molecule has 0 aliphatic rings. The second-order valence-electron chi connectivity index (χ2n) is 4.59. The first-order valence-electron chi connectivity index (χ1n) is 6.56. The lowest BCUT2D eigenvalue weighted by molar-refractivity contribution is -0.139. The molecule has 1 unspecified atom stereocenters. The van der Waals surface area contributed by atoms with E-state index in [0.717, 1.165) is 5.76 Å². The predicted octanol–water partition coefficient (Wildman–Crippen LogP) is 1.93. The fourth-order valence-electron chi connectivity index (χ4n) is 1.77. The molecule has 2 aromatic heterocycles. The highest BCUT2D eigenvalue weighted by molar-refractivity contribution is 7.13. The fraction of sp³-hybridized carbons (Fsp3) is 0.357. The number of carboxylic acids is 1. The quantitative estimate of drug-likeness (QED) is 0.807. The van der Waals surface area contributed by atoms with Crippen LogP contribution in [0.1, 0.15) is 22.7 Å². The summed E-state index contributed by atoms with van der Waals surface area (Å²) in [6, 6.07) is 2.57. The molecule has 22 heavy (non-hydrogen) atoms. The highest BCUT2D eigenvalue weighted by atomic mass is 32.1. The average molecular weight is 324 g/mol. The van der Waals surface area contributed by atoms with Gasteiger partial charge in [-0.1, -0.05) is 0 Å². The van der Waals surface area contributed by atoms with E-state index in [1.807, 2.05) is 13.0 Å². The summed E-state index contributed by atoms with van der Waals surface area (Å²) in [4.78, 5) is 27.3. The van der Waals surface area contributed by atoms with E-state index in [1.54, 1.807) is 11.4 Å². The zero-order valence-electron chi connectivity index (χ0n) is 12.2. The third-order valence-electron chi connectivity index (χ3n) is 2.90. The standard InChI is InChI=1S/C14H16N2O5S/c1-8-3-4-11(21-8)13-16-10(7-22-13)12(17)15-9(14(18)19)5-6-20-2/h3-4,7,9H,5-6H2,1-2H3,(H,15,17)(H,18,19). The van der Waals surface area contributed by atoms with Crippen LogP contribution in [0.2, 0.25) is 0 Å². The van der Waals surface area contributed by atoms with Crippen molar-refractivity contribution in [3.05, 3.63) is 29.0 Å². The smallest absolute Gasteiger partial charge is 0.326 e. The second kappa shape index (κ2) is 7.19. The van der Waals surface area contributed by atoms with E-state index in [9.17, 15) is 9.59 Å². The third-order valence-corrected chi connectivity index (χ3v) is 3.76. The number of aryl methyl sites for hydroxylation is 1. The molecule has 2 N–H and O–H groups in total. The number of amides is 1. The molecule has 0 radical (unpaired) electrons. The molecule has 0 aliphatic carbocycles. The van der Waals surface area contributed by atoms with Crippen molar-refractivity contribution in [2.24, 2.45) is 0 Å². The highest BCUT2D eigenvalue weighted by Crippen LogP contribution is 2.25. The lowest BCUT2D eigenvalue weighted by atomic mass is 10.2. The Hall–Kier alpha value is -2.19. The van der Waals surface area contributed by atoms with Crippen LogP contribution in [-0.4, -0.2) is 41.7 Å². The van der Waals surface area contributed by atoms with Gasteiger partial charge in [0.1, 0.15) is 17.5 Å². The number of methoxy groups -OCH3 is 1. The van der Waals surface area contributed by atoms with Crippen molar-refractivity contribution >= 4 is 23.2 Å². The van der Waals surface area contributed by atoms with Crippen molar-refractivity contribution in [3.63, 3.8) is 0 Å². The van der Waals surface area contributed by atoms with E-state index in [-0.39, 0.29) is 18.7 Å². The van der Waals surface area contributed by atoms with Crippen molar-refractivity contribution in [3.8, 4) is 10.8 Å². The summed E-state index contributed by atoms with van der Waals surface area (Å²) >= 11 is 1.26. The van der Waals surface area contributed by atoms with E-state index in [0.29, 0.717) is 10.8 Å². The molecule has 0 aromatic carbocycles. The highest BCUT2D eigenvalue weighted by Gasteiger charge is 2.22. The summed E-state index contributed by atoms with van der Waals surface area (Å²) in [7, 11) is 1.47. The molecule has 2 heterocycles. The Morgan fingerprint density at radius 1 is 1.50 bits per heavy atom. The number of aliphatic carboxylic acids is 1. The van der Waals surface area contributed by atoms with Crippen LogP contribution in [0.25, 0.3) is 10.8 Å². The normalized spacial score (nSPS) is 12.1. The zero-order chi connectivity index (χ0) is 16.1. The zero-order valence-corrected chi connectivity index (χ0v) is 13.0. The van der Waals surface area contributed by atoms with Crippen LogP contribution in [0.4, 0.5) is 0 Å². The Bertz CT molecular complexity index is 664. The number of carbonyl (C=O) groups excluding carboxylic acids is 1. The van der Waals surface area contributed by atoms with E-state index in [1.165, 1.54) is 18.4 Å². The summed E-state index contributed by atoms with van der Waals surface area (Å²) in [5.74, 6) is -0.311. The van der Waals surface area contributed by atoms with Gasteiger partial charge in [-0.05, 0) is 19.1 Å². The lowest BCUT2D eigenvalue weighted by Gasteiger charge is -2.12. The number of carboxylic acid groups (broad SMARTS) is 1. The van der Waals surface area contributed by atoms with Crippen molar-refractivity contribution in [1.29, 1.82) is 0 Å². The minimum Gasteiger partial charge on any atom is -0.480 e. The van der Waals surface area contributed by atoms with Gasteiger partial charge in [0.15, 0.2) is 10.8 Å². The van der Waals surface area contributed by atoms with Gasteiger partial charge in [0, 0.05) is 25.5 Å². The molecule has 8 heteroatoms. The first-order chi connectivity index (χ1) is 10.5. The molecule has 0 aliphatic heterocycles. The molecule has 2 rings (SSSR count). The van der Waals surface area contributed by atoms with Gasteiger partial charge in [-0.3, -0.25) is 4.79 Å². The molecule has 2 aromatic rings. The molecule has 0 saturated carbocycles. The van der Waals surface area contributed by atoms with Gasteiger partial charge in [-0.25, -0.2) is 9.78 Å². The Morgan fingerprint density at radius 2 is 2.27 bits per heavy atom. The van der Waals surface area contributed by atoms with E-state index < -0.39 is 17.9 Å². The summed E-state index contributed by atoms with van der Waals surface area (Å²) in [6.07, 6.45) is 0.186. The molecular formula is C14H16N2O5S. The molecule has 7 nitrogen and oxygen atoms in total. The first-order valence-corrected chi connectivity index (χ1v) is 7.44. The van der Waals surface area contributed by atoms with Crippen LogP contribution in [0, 0.1) is 6.92 Å². The summed E-state index contributed by atoms with van der Waals surface area (Å²) in [6.45, 7) is 2.06. The second-order valence-corrected chi connectivity index (χ2v) is 5.45. The van der Waals surface area contributed by atoms with Gasteiger partial charge in [-0.2, -0.15) is 0 Å². The van der Waals surface area contributed by atoms with E-state index in [2.05, 4.69) is 10.3 Å². The molecular weight excluding hydrogens is 308 g/mol. The number of carbonyl (C=O) groups is 2. The van der Waals surface area contributed by atoms with Gasteiger partial charge < -0.3 is 19.6 Å². The Morgan fingerprint density at radius 3 is 2.86 bits per heavy atom. The van der Waals surface area contributed by atoms with Crippen molar-refractivity contribution in [2.75, 3.05) is 13.7 Å². The first kappa shape index (κ1) is 16.2. The van der Waals surface area contributed by atoms with Crippen molar-refractivity contribution in [2.45, 2.75) is 19.4 Å². The van der Waals surface area contributed by atoms with Gasteiger partial charge in [0.2, 0.25) is 0 Å².